The van der Waals surface area contributed by atoms with E-state index >= 15 is 0 Å². The lowest BCUT2D eigenvalue weighted by atomic mass is 10.2. The predicted molar refractivity (Wildman–Crippen MR) is 53.0 cm³/mol. The maximum atomic E-state index is 9.12. The molecule has 1 aromatic rings. The van der Waals surface area contributed by atoms with Crippen LogP contribution in [0, 0.1) is 6.92 Å². The third-order valence-electron chi connectivity index (χ3n) is 2.06. The lowest BCUT2D eigenvalue weighted by Gasteiger charge is -2.13. The lowest BCUT2D eigenvalue weighted by Crippen LogP contribution is -2.31. The maximum absolute atomic E-state index is 9.12. The molecule has 0 aliphatic carbocycles. The first-order valence-electron chi connectivity index (χ1n) is 4.72. The highest BCUT2D eigenvalue weighted by atomic mass is 16.3. The number of aliphatic hydroxyl groups is 2. The predicted octanol–water partition coefficient (Wildman–Crippen LogP) is 0.592. The zero-order chi connectivity index (χ0) is 10.6. The first-order chi connectivity index (χ1) is 6.63. The Labute approximate surface area is 83.6 Å². The van der Waals surface area contributed by atoms with Crippen molar-refractivity contribution in [2.75, 3.05) is 13.2 Å². The molecule has 0 fully saturated rings. The van der Waals surface area contributed by atoms with Crippen molar-refractivity contribution in [3.8, 4) is 0 Å². The number of hydrogen-bond acceptors (Lipinski definition) is 4. The molecule has 0 bridgehead atoms. The van der Waals surface area contributed by atoms with Crippen molar-refractivity contribution in [1.29, 1.82) is 0 Å². The quantitative estimate of drug-likeness (QED) is 0.649. The summed E-state index contributed by atoms with van der Waals surface area (Å²) in [5.41, 5.74) is 0. The van der Waals surface area contributed by atoms with E-state index in [9.17, 15) is 0 Å². The van der Waals surface area contributed by atoms with E-state index in [2.05, 4.69) is 5.32 Å². The van der Waals surface area contributed by atoms with Gasteiger partial charge in [0.25, 0.3) is 0 Å². The van der Waals surface area contributed by atoms with Crippen LogP contribution < -0.4 is 5.32 Å². The molecule has 0 amide bonds. The molecule has 0 saturated carbocycles. The summed E-state index contributed by atoms with van der Waals surface area (Å²) in [5, 5.41) is 20.8. The van der Waals surface area contributed by atoms with E-state index in [0.29, 0.717) is 6.54 Å². The summed E-state index contributed by atoms with van der Waals surface area (Å²) in [4.78, 5) is 0. The summed E-state index contributed by atoms with van der Waals surface area (Å²) in [5.74, 6) is 1.71. The first kappa shape index (κ1) is 11.2. The fraction of sp³-hybridized carbons (Fsp3) is 0.600. The molecule has 80 valence electrons. The normalized spacial score (nSPS) is 15.4. The van der Waals surface area contributed by atoms with Gasteiger partial charge in [0.15, 0.2) is 0 Å². The van der Waals surface area contributed by atoms with Gasteiger partial charge in [0.1, 0.15) is 11.5 Å². The van der Waals surface area contributed by atoms with Crippen molar-refractivity contribution >= 4 is 0 Å². The Morgan fingerprint density at radius 3 is 2.71 bits per heavy atom. The summed E-state index contributed by atoms with van der Waals surface area (Å²) in [6, 6.07) is 3.85. The molecule has 0 saturated heterocycles. The van der Waals surface area contributed by atoms with Crippen LogP contribution in [-0.2, 0) is 0 Å². The Balaban J connectivity index is 2.39. The highest BCUT2D eigenvalue weighted by Gasteiger charge is 2.10. The van der Waals surface area contributed by atoms with Crippen molar-refractivity contribution in [1.82, 2.24) is 5.32 Å². The van der Waals surface area contributed by atoms with Crippen LogP contribution in [-0.4, -0.2) is 29.5 Å². The van der Waals surface area contributed by atoms with Gasteiger partial charge in [0.05, 0.1) is 18.8 Å². The van der Waals surface area contributed by atoms with Gasteiger partial charge < -0.3 is 19.9 Å². The van der Waals surface area contributed by atoms with E-state index < -0.39 is 6.10 Å². The van der Waals surface area contributed by atoms with Crippen LogP contribution in [0.3, 0.4) is 0 Å². The molecular formula is C10H17NO3. The molecule has 0 spiro atoms. The van der Waals surface area contributed by atoms with Gasteiger partial charge in [-0.1, -0.05) is 0 Å². The number of aliphatic hydroxyl groups excluding tert-OH is 2. The molecule has 3 N–H and O–H groups in total. The monoisotopic (exact) mass is 199 g/mol. The molecule has 0 aliphatic rings. The van der Waals surface area contributed by atoms with Gasteiger partial charge in [-0.3, -0.25) is 0 Å². The Morgan fingerprint density at radius 2 is 2.21 bits per heavy atom. The third kappa shape index (κ3) is 3.14. The average molecular weight is 199 g/mol. The van der Waals surface area contributed by atoms with Crippen LogP contribution in [0.15, 0.2) is 16.5 Å². The standard InChI is InChI=1S/C10H17NO3/c1-7-3-4-10(14-7)8(2)11-5-9(13)6-12/h3-4,8-9,11-13H,5-6H2,1-2H3/t8?,9-/m0/s1. The van der Waals surface area contributed by atoms with Gasteiger partial charge in [-0.25, -0.2) is 0 Å². The SMILES string of the molecule is Cc1ccc(C(C)NC[C@H](O)CO)o1. The number of aryl methyl sites for hydroxylation is 1. The fourth-order valence-electron chi connectivity index (χ4n) is 1.16. The van der Waals surface area contributed by atoms with Gasteiger partial charge in [-0.15, -0.1) is 0 Å². The van der Waals surface area contributed by atoms with Gasteiger partial charge in [-0.2, -0.15) is 0 Å². The van der Waals surface area contributed by atoms with Crippen LogP contribution in [0.2, 0.25) is 0 Å². The molecule has 0 radical (unpaired) electrons. The van der Waals surface area contributed by atoms with Crippen LogP contribution in [0.4, 0.5) is 0 Å². The summed E-state index contributed by atoms with van der Waals surface area (Å²) in [6.45, 7) is 3.97. The second-order valence-electron chi connectivity index (χ2n) is 3.41. The minimum atomic E-state index is -0.714. The number of hydrogen-bond donors (Lipinski definition) is 3. The molecule has 1 unspecified atom stereocenters. The van der Waals surface area contributed by atoms with Crippen molar-refractivity contribution in [3.05, 3.63) is 23.7 Å². The van der Waals surface area contributed by atoms with E-state index in [0.717, 1.165) is 11.5 Å². The molecule has 14 heavy (non-hydrogen) atoms. The van der Waals surface area contributed by atoms with Crippen molar-refractivity contribution in [3.63, 3.8) is 0 Å². The summed E-state index contributed by atoms with van der Waals surface area (Å²) in [7, 11) is 0. The van der Waals surface area contributed by atoms with E-state index in [1.54, 1.807) is 0 Å². The minimum Gasteiger partial charge on any atom is -0.465 e. The summed E-state index contributed by atoms with van der Waals surface area (Å²) < 4.78 is 5.40. The number of furan rings is 1. The number of rotatable bonds is 5. The third-order valence-corrected chi connectivity index (χ3v) is 2.06. The highest BCUT2D eigenvalue weighted by Crippen LogP contribution is 2.15. The van der Waals surface area contributed by atoms with Gasteiger partial charge in [-0.05, 0) is 26.0 Å². The molecule has 1 heterocycles. The lowest BCUT2D eigenvalue weighted by molar-refractivity contribution is 0.0917. The van der Waals surface area contributed by atoms with Crippen LogP contribution in [0.25, 0.3) is 0 Å². The minimum absolute atomic E-state index is 0.0462. The first-order valence-corrected chi connectivity index (χ1v) is 4.72. The van der Waals surface area contributed by atoms with Crippen molar-refractivity contribution < 1.29 is 14.6 Å². The second kappa shape index (κ2) is 5.14. The van der Waals surface area contributed by atoms with Gasteiger partial charge in [0, 0.05) is 6.54 Å². The Hall–Kier alpha value is -0.840. The summed E-state index contributed by atoms with van der Waals surface area (Å²) in [6.07, 6.45) is -0.714. The molecule has 0 aromatic carbocycles. The van der Waals surface area contributed by atoms with Gasteiger partial charge >= 0.3 is 0 Å². The fourth-order valence-corrected chi connectivity index (χ4v) is 1.16. The zero-order valence-electron chi connectivity index (χ0n) is 8.53. The Bertz CT molecular complexity index is 272. The zero-order valence-corrected chi connectivity index (χ0v) is 8.53. The smallest absolute Gasteiger partial charge is 0.120 e. The second-order valence-corrected chi connectivity index (χ2v) is 3.41. The largest absolute Gasteiger partial charge is 0.465 e. The van der Waals surface area contributed by atoms with Crippen LogP contribution >= 0.6 is 0 Å². The molecular weight excluding hydrogens is 182 g/mol. The molecule has 1 aromatic heterocycles. The Morgan fingerprint density at radius 1 is 1.50 bits per heavy atom. The topological polar surface area (TPSA) is 65.6 Å². The van der Waals surface area contributed by atoms with Crippen LogP contribution in [0.5, 0.6) is 0 Å². The van der Waals surface area contributed by atoms with Crippen molar-refractivity contribution in [2.24, 2.45) is 0 Å². The molecule has 4 heteroatoms. The number of nitrogens with one attached hydrogen (secondary N) is 1. The summed E-state index contributed by atoms with van der Waals surface area (Å²) >= 11 is 0. The van der Waals surface area contributed by atoms with E-state index in [-0.39, 0.29) is 12.6 Å². The van der Waals surface area contributed by atoms with Gasteiger partial charge in [0.2, 0.25) is 0 Å². The highest BCUT2D eigenvalue weighted by molar-refractivity contribution is 5.08. The van der Waals surface area contributed by atoms with E-state index in [1.807, 2.05) is 26.0 Å². The van der Waals surface area contributed by atoms with Crippen LogP contribution in [0.1, 0.15) is 24.5 Å². The van der Waals surface area contributed by atoms with E-state index in [4.69, 9.17) is 14.6 Å². The Kier molecular flexibility index (Phi) is 4.13. The average Bonchev–Trinajstić information content (AvgIpc) is 2.60. The van der Waals surface area contributed by atoms with E-state index in [1.165, 1.54) is 0 Å². The van der Waals surface area contributed by atoms with Crippen molar-refractivity contribution in [2.45, 2.75) is 26.0 Å². The molecule has 0 aliphatic heterocycles. The molecule has 4 nitrogen and oxygen atoms in total. The molecule has 1 rings (SSSR count). The maximum Gasteiger partial charge on any atom is 0.120 e. The molecule has 2 atom stereocenters.